The Balaban J connectivity index is 1.35. The Labute approximate surface area is 215 Å². The number of fused-ring (bicyclic) bond motifs is 1. The van der Waals surface area contributed by atoms with E-state index in [2.05, 4.69) is 4.72 Å². The van der Waals surface area contributed by atoms with Crippen molar-refractivity contribution in [3.05, 3.63) is 77.4 Å². The van der Waals surface area contributed by atoms with E-state index in [9.17, 15) is 18.0 Å². The normalized spacial score (nSPS) is 16.3. The number of carboxylic acids is 1. The van der Waals surface area contributed by atoms with Crippen LogP contribution in [-0.4, -0.2) is 38.1 Å². The van der Waals surface area contributed by atoms with E-state index in [1.807, 2.05) is 43.3 Å². The summed E-state index contributed by atoms with van der Waals surface area (Å²) in [6.45, 7) is 3.41. The summed E-state index contributed by atoms with van der Waals surface area (Å²) in [5.74, 6) is 0.267. The molecule has 1 fully saturated rings. The summed E-state index contributed by atoms with van der Waals surface area (Å²) in [7, 11) is -3.97. The third kappa shape index (κ3) is 4.84. The molecular formula is C28H27NO7S. The predicted octanol–water partition coefficient (Wildman–Crippen LogP) is 3.99. The van der Waals surface area contributed by atoms with Gasteiger partial charge >= 0.3 is 5.97 Å². The highest BCUT2D eigenvalue weighted by Gasteiger charge is 2.50. The molecule has 1 atom stereocenters. The SMILES string of the molecule is Cc1ccc(CC(=O)C2(c3ccc4c(c3)OCO4)CC2)cc1-c1ccc(S(=O)(=O)N[C@@H](C)C(=O)O)cc1. The van der Waals surface area contributed by atoms with Crippen LogP contribution in [0.3, 0.4) is 0 Å². The van der Waals surface area contributed by atoms with Gasteiger partial charge in [0.1, 0.15) is 11.8 Å². The molecule has 0 bridgehead atoms. The molecule has 2 aliphatic rings. The van der Waals surface area contributed by atoms with Crippen molar-refractivity contribution in [2.45, 2.75) is 49.5 Å². The lowest BCUT2D eigenvalue weighted by molar-refractivity contribution is -0.138. The van der Waals surface area contributed by atoms with E-state index in [4.69, 9.17) is 14.6 Å². The van der Waals surface area contributed by atoms with Crippen LogP contribution in [0.5, 0.6) is 11.5 Å². The van der Waals surface area contributed by atoms with Crippen molar-refractivity contribution < 1.29 is 32.6 Å². The number of carbonyl (C=O) groups excluding carboxylic acids is 1. The fraction of sp³-hybridized carbons (Fsp3) is 0.286. The molecule has 1 aliphatic carbocycles. The summed E-state index contributed by atoms with van der Waals surface area (Å²) >= 11 is 0. The van der Waals surface area contributed by atoms with Crippen LogP contribution in [-0.2, 0) is 31.4 Å². The molecule has 192 valence electrons. The molecule has 37 heavy (non-hydrogen) atoms. The van der Waals surface area contributed by atoms with Crippen LogP contribution < -0.4 is 14.2 Å². The van der Waals surface area contributed by atoms with Crippen molar-refractivity contribution in [1.29, 1.82) is 0 Å². The van der Waals surface area contributed by atoms with Gasteiger partial charge in [0, 0.05) is 6.42 Å². The Morgan fingerprint density at radius 1 is 1.00 bits per heavy atom. The molecule has 5 rings (SSSR count). The van der Waals surface area contributed by atoms with E-state index in [0.29, 0.717) is 11.5 Å². The quantitative estimate of drug-likeness (QED) is 0.437. The Bertz CT molecular complexity index is 1490. The zero-order valence-corrected chi connectivity index (χ0v) is 21.3. The number of carbonyl (C=O) groups is 2. The lowest BCUT2D eigenvalue weighted by Crippen LogP contribution is -2.38. The maximum Gasteiger partial charge on any atom is 0.321 e. The summed E-state index contributed by atoms with van der Waals surface area (Å²) in [4.78, 5) is 24.4. The van der Waals surface area contributed by atoms with Gasteiger partial charge in [-0.05, 0) is 78.8 Å². The van der Waals surface area contributed by atoms with Crippen LogP contribution in [0.4, 0.5) is 0 Å². The highest BCUT2D eigenvalue weighted by atomic mass is 32.2. The van der Waals surface area contributed by atoms with Crippen LogP contribution in [0.1, 0.15) is 36.5 Å². The number of hydrogen-bond donors (Lipinski definition) is 2. The van der Waals surface area contributed by atoms with E-state index in [1.54, 1.807) is 12.1 Å². The lowest BCUT2D eigenvalue weighted by Gasteiger charge is -2.16. The van der Waals surface area contributed by atoms with Gasteiger partial charge in [0.15, 0.2) is 11.5 Å². The molecule has 1 heterocycles. The van der Waals surface area contributed by atoms with Crippen LogP contribution in [0.2, 0.25) is 0 Å². The van der Waals surface area contributed by atoms with Crippen LogP contribution in [0.15, 0.2) is 65.6 Å². The minimum atomic E-state index is -3.97. The van der Waals surface area contributed by atoms with Gasteiger partial charge in [0.25, 0.3) is 0 Å². The molecule has 0 spiro atoms. The Morgan fingerprint density at radius 2 is 1.70 bits per heavy atom. The van der Waals surface area contributed by atoms with Crippen LogP contribution in [0.25, 0.3) is 11.1 Å². The standard InChI is InChI=1S/C28H27NO7S/c1-17-3-4-19(14-26(30)28(11-12-28)21-7-10-24-25(15-21)36-16-35-24)13-23(17)20-5-8-22(9-6-20)37(33,34)29-18(2)27(31)32/h3-10,13,15,18,29H,11-12,14,16H2,1-2H3,(H,31,32)/t18-/m0/s1. The zero-order chi connectivity index (χ0) is 26.4. The second kappa shape index (κ2) is 9.32. The number of aryl methyl sites for hydroxylation is 1. The molecule has 2 N–H and O–H groups in total. The van der Waals surface area contributed by atoms with Gasteiger partial charge in [-0.3, -0.25) is 9.59 Å². The Kier molecular flexibility index (Phi) is 6.29. The topological polar surface area (TPSA) is 119 Å². The highest BCUT2D eigenvalue weighted by molar-refractivity contribution is 7.89. The van der Waals surface area contributed by atoms with Gasteiger partial charge in [0.2, 0.25) is 16.8 Å². The molecule has 3 aromatic carbocycles. The first-order valence-corrected chi connectivity index (χ1v) is 13.5. The molecule has 9 heteroatoms. The number of carboxylic acid groups (broad SMARTS) is 1. The first-order chi connectivity index (χ1) is 17.6. The first-order valence-electron chi connectivity index (χ1n) is 12.0. The molecule has 0 radical (unpaired) electrons. The minimum Gasteiger partial charge on any atom is -0.480 e. The number of benzene rings is 3. The second-order valence-corrected chi connectivity index (χ2v) is 11.3. The third-order valence-corrected chi connectivity index (χ3v) is 8.61. The fourth-order valence-corrected chi connectivity index (χ4v) is 5.85. The molecule has 0 aromatic heterocycles. The number of hydrogen-bond acceptors (Lipinski definition) is 6. The number of rotatable bonds is 9. The van der Waals surface area contributed by atoms with Crippen molar-refractivity contribution in [2.24, 2.45) is 0 Å². The maximum atomic E-state index is 13.4. The van der Waals surface area contributed by atoms with Crippen molar-refractivity contribution >= 4 is 21.8 Å². The Hall–Kier alpha value is -3.69. The summed E-state index contributed by atoms with van der Waals surface area (Å²) in [6.07, 6.45) is 1.88. The first kappa shape index (κ1) is 25.0. The molecule has 3 aromatic rings. The second-order valence-electron chi connectivity index (χ2n) is 9.60. The van der Waals surface area contributed by atoms with Gasteiger partial charge in [-0.1, -0.05) is 36.4 Å². The average Bonchev–Trinajstić information content (AvgIpc) is 3.55. The highest BCUT2D eigenvalue weighted by Crippen LogP contribution is 2.51. The van der Waals surface area contributed by atoms with Gasteiger partial charge < -0.3 is 14.6 Å². The minimum absolute atomic E-state index is 0.0206. The lowest BCUT2D eigenvalue weighted by atomic mass is 9.87. The third-order valence-electron chi connectivity index (χ3n) is 7.05. The number of ketones is 1. The van der Waals surface area contributed by atoms with Crippen molar-refractivity contribution in [3.63, 3.8) is 0 Å². The summed E-state index contributed by atoms with van der Waals surface area (Å²) in [5, 5.41) is 9.00. The smallest absolute Gasteiger partial charge is 0.321 e. The van der Waals surface area contributed by atoms with E-state index >= 15 is 0 Å². The molecule has 0 saturated heterocycles. The number of nitrogens with one attached hydrogen (secondary N) is 1. The Morgan fingerprint density at radius 3 is 2.38 bits per heavy atom. The number of sulfonamides is 1. The number of Topliss-reactive ketones (excluding diaryl/α,β-unsaturated/α-hetero) is 1. The van der Waals surface area contributed by atoms with Gasteiger partial charge in [0.05, 0.1) is 10.3 Å². The number of aliphatic carboxylic acids is 1. The van der Waals surface area contributed by atoms with Crippen LogP contribution >= 0.6 is 0 Å². The van der Waals surface area contributed by atoms with Gasteiger partial charge in [-0.15, -0.1) is 0 Å². The summed E-state index contributed by atoms with van der Waals surface area (Å²) < 4.78 is 38.0. The largest absolute Gasteiger partial charge is 0.480 e. The van der Waals surface area contributed by atoms with Crippen LogP contribution in [0, 0.1) is 6.92 Å². The van der Waals surface area contributed by atoms with Crippen molar-refractivity contribution in [1.82, 2.24) is 4.72 Å². The number of ether oxygens (including phenoxy) is 2. The molecule has 0 amide bonds. The van der Waals surface area contributed by atoms with E-state index in [-0.39, 0.29) is 23.9 Å². The molecule has 0 unspecified atom stereocenters. The van der Waals surface area contributed by atoms with E-state index < -0.39 is 27.4 Å². The average molecular weight is 522 g/mol. The van der Waals surface area contributed by atoms with E-state index in [1.165, 1.54) is 19.1 Å². The van der Waals surface area contributed by atoms with Gasteiger partial charge in [-0.25, -0.2) is 8.42 Å². The molecule has 1 saturated carbocycles. The summed E-state index contributed by atoms with van der Waals surface area (Å²) in [5.41, 5.74) is 4.02. The fourth-order valence-electron chi connectivity index (χ4n) is 4.66. The van der Waals surface area contributed by atoms with Crippen molar-refractivity contribution in [2.75, 3.05) is 6.79 Å². The zero-order valence-electron chi connectivity index (χ0n) is 20.5. The molecule has 1 aliphatic heterocycles. The molecular weight excluding hydrogens is 494 g/mol. The molecule has 8 nitrogen and oxygen atoms in total. The summed E-state index contributed by atoms with van der Waals surface area (Å²) in [6, 6.07) is 16.6. The van der Waals surface area contributed by atoms with Gasteiger partial charge in [-0.2, -0.15) is 4.72 Å². The van der Waals surface area contributed by atoms with E-state index in [0.717, 1.165) is 40.7 Å². The monoisotopic (exact) mass is 521 g/mol. The predicted molar refractivity (Wildman–Crippen MR) is 136 cm³/mol. The maximum absolute atomic E-state index is 13.4. The van der Waals surface area contributed by atoms with Crippen molar-refractivity contribution in [3.8, 4) is 22.6 Å².